The standard InChI is InChI=1S/C12H11NO2S/c1-15-10-4-2-9(3-5-10)11-6-7-16-12(11)8-13-14/h2-8,14H,1H3. The van der Waals surface area contributed by atoms with E-state index in [1.807, 2.05) is 35.7 Å². The molecule has 4 heteroatoms. The molecule has 3 nitrogen and oxygen atoms in total. The van der Waals surface area contributed by atoms with Crippen LogP contribution in [0.25, 0.3) is 11.1 Å². The van der Waals surface area contributed by atoms with Gasteiger partial charge in [-0.2, -0.15) is 0 Å². The maximum absolute atomic E-state index is 8.55. The van der Waals surface area contributed by atoms with Crippen molar-refractivity contribution in [2.75, 3.05) is 7.11 Å². The number of oxime groups is 1. The average molecular weight is 233 g/mol. The fraction of sp³-hybridized carbons (Fsp3) is 0.0833. The minimum atomic E-state index is 0.830. The molecular weight excluding hydrogens is 222 g/mol. The summed E-state index contributed by atoms with van der Waals surface area (Å²) >= 11 is 1.54. The first-order valence-electron chi connectivity index (χ1n) is 4.74. The Kier molecular flexibility index (Phi) is 3.22. The molecule has 2 rings (SSSR count). The molecule has 0 aliphatic carbocycles. The maximum Gasteiger partial charge on any atom is 0.118 e. The highest BCUT2D eigenvalue weighted by Gasteiger charge is 2.05. The van der Waals surface area contributed by atoms with Gasteiger partial charge in [-0.25, -0.2) is 0 Å². The minimum Gasteiger partial charge on any atom is -0.497 e. The molecule has 1 aromatic carbocycles. The fourth-order valence-electron chi connectivity index (χ4n) is 1.48. The number of benzene rings is 1. The van der Waals surface area contributed by atoms with E-state index in [0.717, 1.165) is 21.8 Å². The Balaban J connectivity index is 2.38. The molecular formula is C12H11NO2S. The van der Waals surface area contributed by atoms with Crippen molar-refractivity contribution in [2.24, 2.45) is 5.16 Å². The van der Waals surface area contributed by atoms with Crippen LogP contribution in [-0.4, -0.2) is 18.5 Å². The van der Waals surface area contributed by atoms with Crippen molar-refractivity contribution in [3.05, 3.63) is 40.6 Å². The van der Waals surface area contributed by atoms with Gasteiger partial charge in [-0.1, -0.05) is 17.3 Å². The zero-order chi connectivity index (χ0) is 11.4. The van der Waals surface area contributed by atoms with Crippen molar-refractivity contribution < 1.29 is 9.94 Å². The van der Waals surface area contributed by atoms with Crippen LogP contribution in [0.15, 0.2) is 40.9 Å². The summed E-state index contributed by atoms with van der Waals surface area (Å²) < 4.78 is 5.10. The van der Waals surface area contributed by atoms with Crippen molar-refractivity contribution in [3.63, 3.8) is 0 Å². The van der Waals surface area contributed by atoms with Gasteiger partial charge >= 0.3 is 0 Å². The molecule has 0 radical (unpaired) electrons. The maximum atomic E-state index is 8.55. The molecule has 0 unspecified atom stereocenters. The van der Waals surface area contributed by atoms with Gasteiger partial charge < -0.3 is 9.94 Å². The van der Waals surface area contributed by atoms with Crippen LogP contribution in [0.4, 0.5) is 0 Å². The highest BCUT2D eigenvalue weighted by molar-refractivity contribution is 7.12. The molecule has 2 aromatic rings. The second kappa shape index (κ2) is 4.81. The summed E-state index contributed by atoms with van der Waals surface area (Å²) in [6, 6.07) is 9.79. The van der Waals surface area contributed by atoms with Gasteiger partial charge in [0.25, 0.3) is 0 Å². The Hall–Kier alpha value is -1.81. The second-order valence-corrected chi connectivity index (χ2v) is 4.12. The molecule has 0 saturated carbocycles. The molecule has 0 bridgehead atoms. The lowest BCUT2D eigenvalue weighted by molar-refractivity contribution is 0.322. The van der Waals surface area contributed by atoms with Gasteiger partial charge in [-0.3, -0.25) is 0 Å². The molecule has 0 amide bonds. The predicted molar refractivity (Wildman–Crippen MR) is 65.7 cm³/mol. The van der Waals surface area contributed by atoms with E-state index in [1.54, 1.807) is 7.11 Å². The Morgan fingerprint density at radius 3 is 2.62 bits per heavy atom. The molecule has 82 valence electrons. The van der Waals surface area contributed by atoms with Gasteiger partial charge in [0, 0.05) is 5.56 Å². The first kappa shape index (κ1) is 10.7. The van der Waals surface area contributed by atoms with E-state index in [2.05, 4.69) is 5.16 Å². The van der Waals surface area contributed by atoms with E-state index in [4.69, 9.17) is 9.94 Å². The molecule has 1 aromatic heterocycles. The number of hydrogen-bond donors (Lipinski definition) is 1. The molecule has 0 fully saturated rings. The number of ether oxygens (including phenoxy) is 1. The molecule has 0 spiro atoms. The molecule has 16 heavy (non-hydrogen) atoms. The molecule has 0 aliphatic rings. The number of thiophene rings is 1. The van der Waals surface area contributed by atoms with E-state index in [0.29, 0.717) is 0 Å². The molecule has 0 aliphatic heterocycles. The summed E-state index contributed by atoms with van der Waals surface area (Å²) in [6.07, 6.45) is 1.45. The minimum absolute atomic E-state index is 0.830. The van der Waals surface area contributed by atoms with E-state index >= 15 is 0 Å². The smallest absolute Gasteiger partial charge is 0.118 e. The van der Waals surface area contributed by atoms with E-state index in [1.165, 1.54) is 17.6 Å². The monoisotopic (exact) mass is 233 g/mol. The summed E-state index contributed by atoms with van der Waals surface area (Å²) in [5, 5.41) is 13.6. The summed E-state index contributed by atoms with van der Waals surface area (Å²) in [5.74, 6) is 0.830. The molecule has 1 N–H and O–H groups in total. The van der Waals surface area contributed by atoms with Crippen LogP contribution in [0.5, 0.6) is 5.75 Å². The van der Waals surface area contributed by atoms with Gasteiger partial charge in [-0.15, -0.1) is 11.3 Å². The number of rotatable bonds is 3. The quantitative estimate of drug-likeness (QED) is 0.502. The van der Waals surface area contributed by atoms with Gasteiger partial charge in [0.1, 0.15) is 5.75 Å². The second-order valence-electron chi connectivity index (χ2n) is 3.17. The van der Waals surface area contributed by atoms with Crippen molar-refractivity contribution in [3.8, 4) is 16.9 Å². The summed E-state index contributed by atoms with van der Waals surface area (Å²) in [4.78, 5) is 0.938. The largest absolute Gasteiger partial charge is 0.497 e. The Morgan fingerprint density at radius 2 is 2.00 bits per heavy atom. The number of nitrogens with zero attached hydrogens (tertiary/aromatic N) is 1. The number of hydrogen-bond acceptors (Lipinski definition) is 4. The summed E-state index contributed by atoms with van der Waals surface area (Å²) in [6.45, 7) is 0. The third-order valence-corrected chi connectivity index (χ3v) is 3.12. The van der Waals surface area contributed by atoms with Crippen molar-refractivity contribution >= 4 is 17.6 Å². The molecule has 0 saturated heterocycles. The normalized spacial score (nSPS) is 10.8. The lowest BCUT2D eigenvalue weighted by atomic mass is 10.1. The predicted octanol–water partition coefficient (Wildman–Crippen LogP) is 3.23. The average Bonchev–Trinajstić information content (AvgIpc) is 2.78. The van der Waals surface area contributed by atoms with Crippen LogP contribution in [0, 0.1) is 0 Å². The lowest BCUT2D eigenvalue weighted by Gasteiger charge is -2.02. The van der Waals surface area contributed by atoms with Gasteiger partial charge in [-0.05, 0) is 29.1 Å². The van der Waals surface area contributed by atoms with Crippen LogP contribution in [0.3, 0.4) is 0 Å². The van der Waals surface area contributed by atoms with Gasteiger partial charge in [0.15, 0.2) is 0 Å². The third-order valence-electron chi connectivity index (χ3n) is 2.27. The lowest BCUT2D eigenvalue weighted by Crippen LogP contribution is -1.84. The van der Waals surface area contributed by atoms with Crippen LogP contribution in [-0.2, 0) is 0 Å². The Morgan fingerprint density at radius 1 is 1.25 bits per heavy atom. The van der Waals surface area contributed by atoms with Crippen molar-refractivity contribution in [1.82, 2.24) is 0 Å². The zero-order valence-corrected chi connectivity index (χ0v) is 9.57. The zero-order valence-electron chi connectivity index (χ0n) is 8.75. The van der Waals surface area contributed by atoms with Crippen molar-refractivity contribution in [1.29, 1.82) is 0 Å². The van der Waals surface area contributed by atoms with Gasteiger partial charge in [0.2, 0.25) is 0 Å². The summed E-state index contributed by atoms with van der Waals surface area (Å²) in [7, 11) is 1.64. The Bertz CT molecular complexity index is 488. The van der Waals surface area contributed by atoms with Crippen LogP contribution in [0.1, 0.15) is 4.88 Å². The third kappa shape index (κ3) is 2.06. The number of methoxy groups -OCH3 is 1. The van der Waals surface area contributed by atoms with Crippen LogP contribution in [0.2, 0.25) is 0 Å². The highest BCUT2D eigenvalue weighted by Crippen LogP contribution is 2.28. The van der Waals surface area contributed by atoms with Gasteiger partial charge in [0.05, 0.1) is 18.2 Å². The Labute approximate surface area is 97.6 Å². The van der Waals surface area contributed by atoms with E-state index < -0.39 is 0 Å². The first-order valence-corrected chi connectivity index (χ1v) is 5.62. The fourth-order valence-corrected chi connectivity index (χ4v) is 2.25. The SMILES string of the molecule is COc1ccc(-c2ccsc2C=NO)cc1. The van der Waals surface area contributed by atoms with Crippen LogP contribution < -0.4 is 4.74 Å². The molecule has 0 atom stereocenters. The molecule has 1 heterocycles. The topological polar surface area (TPSA) is 41.8 Å². The first-order chi connectivity index (χ1) is 7.85. The summed E-state index contributed by atoms with van der Waals surface area (Å²) in [5.41, 5.74) is 2.14. The van der Waals surface area contributed by atoms with E-state index in [-0.39, 0.29) is 0 Å². The highest BCUT2D eigenvalue weighted by atomic mass is 32.1. The van der Waals surface area contributed by atoms with Crippen LogP contribution >= 0.6 is 11.3 Å². The van der Waals surface area contributed by atoms with E-state index in [9.17, 15) is 0 Å². The van der Waals surface area contributed by atoms with Crippen molar-refractivity contribution in [2.45, 2.75) is 0 Å².